The average Bonchev–Trinajstić information content (AvgIpc) is 3.02. The second kappa shape index (κ2) is 7.88. The fraction of sp³-hybridized carbons (Fsp3) is 0.211. The zero-order valence-electron chi connectivity index (χ0n) is 14.8. The first-order valence-corrected chi connectivity index (χ1v) is 7.81. The van der Waals surface area contributed by atoms with Gasteiger partial charge in [-0.1, -0.05) is 42.5 Å². The van der Waals surface area contributed by atoms with Gasteiger partial charge in [-0.2, -0.15) is 0 Å². The molecule has 0 saturated carbocycles. The van der Waals surface area contributed by atoms with Gasteiger partial charge >= 0.3 is 29.6 Å². The smallest absolute Gasteiger partial charge is 1.00 e. The summed E-state index contributed by atoms with van der Waals surface area (Å²) >= 11 is 0. The SMILES string of the molecule is [H-].[Na+].c1ccc(Cn2ccnc2CC2COc3ccccc3O2)cc1. The minimum Gasteiger partial charge on any atom is -1.00 e. The first-order chi connectivity index (χ1) is 11.4. The summed E-state index contributed by atoms with van der Waals surface area (Å²) in [6.45, 7) is 1.37. The fourth-order valence-electron chi connectivity index (χ4n) is 2.82. The Morgan fingerprint density at radius 3 is 2.62 bits per heavy atom. The average molecular weight is 330 g/mol. The Kier molecular flexibility index (Phi) is 5.61. The van der Waals surface area contributed by atoms with Crippen LogP contribution in [0.4, 0.5) is 0 Å². The molecule has 0 fully saturated rings. The molecule has 0 bridgehead atoms. The van der Waals surface area contributed by atoms with Crippen LogP contribution in [-0.2, 0) is 13.0 Å². The van der Waals surface area contributed by atoms with Gasteiger partial charge in [0.05, 0.1) is 0 Å². The van der Waals surface area contributed by atoms with E-state index in [1.807, 2.05) is 42.7 Å². The van der Waals surface area contributed by atoms with Crippen LogP contribution >= 0.6 is 0 Å². The van der Waals surface area contributed by atoms with Crippen LogP contribution < -0.4 is 39.0 Å². The summed E-state index contributed by atoms with van der Waals surface area (Å²) in [5.41, 5.74) is 1.26. The van der Waals surface area contributed by atoms with Crippen molar-refractivity contribution in [3.05, 3.63) is 78.4 Å². The molecule has 4 rings (SSSR count). The molecular formula is C19H19N2NaO2. The number of aromatic nitrogens is 2. The summed E-state index contributed by atoms with van der Waals surface area (Å²) in [6, 6.07) is 18.2. The van der Waals surface area contributed by atoms with Crippen LogP contribution in [0.2, 0.25) is 0 Å². The van der Waals surface area contributed by atoms with Crippen molar-refractivity contribution in [1.29, 1.82) is 0 Å². The summed E-state index contributed by atoms with van der Waals surface area (Å²) in [6.07, 6.45) is 4.58. The van der Waals surface area contributed by atoms with Crippen molar-refractivity contribution in [2.24, 2.45) is 0 Å². The molecule has 4 nitrogen and oxygen atoms in total. The molecule has 1 aromatic heterocycles. The molecule has 1 aliphatic rings. The van der Waals surface area contributed by atoms with Gasteiger partial charge in [-0.05, 0) is 17.7 Å². The zero-order chi connectivity index (χ0) is 15.5. The molecule has 1 aliphatic heterocycles. The first kappa shape index (κ1) is 17.1. The largest absolute Gasteiger partial charge is 1.00 e. The van der Waals surface area contributed by atoms with Crippen LogP contribution in [-0.4, -0.2) is 22.3 Å². The predicted molar refractivity (Wildman–Crippen MR) is 88.9 cm³/mol. The number of hydrogen-bond donors (Lipinski definition) is 0. The van der Waals surface area contributed by atoms with Gasteiger partial charge in [0.15, 0.2) is 11.5 Å². The Labute approximate surface area is 165 Å². The number of benzene rings is 2. The van der Waals surface area contributed by atoms with Gasteiger partial charge in [-0.3, -0.25) is 0 Å². The molecule has 2 heterocycles. The van der Waals surface area contributed by atoms with E-state index in [4.69, 9.17) is 9.47 Å². The maximum Gasteiger partial charge on any atom is 1.00 e. The van der Waals surface area contributed by atoms with Crippen molar-refractivity contribution in [3.63, 3.8) is 0 Å². The molecule has 0 radical (unpaired) electrons. The Morgan fingerprint density at radius 2 is 1.79 bits per heavy atom. The van der Waals surface area contributed by atoms with Gasteiger partial charge in [-0.15, -0.1) is 0 Å². The summed E-state index contributed by atoms with van der Waals surface area (Å²) < 4.78 is 14.0. The van der Waals surface area contributed by atoms with Crippen LogP contribution in [0.15, 0.2) is 67.0 Å². The molecule has 5 heteroatoms. The maximum atomic E-state index is 6.03. The molecule has 0 saturated heterocycles. The van der Waals surface area contributed by atoms with E-state index >= 15 is 0 Å². The Bertz CT molecular complexity index is 795. The number of rotatable bonds is 4. The van der Waals surface area contributed by atoms with E-state index in [-0.39, 0.29) is 37.1 Å². The van der Waals surface area contributed by atoms with Gasteiger partial charge in [0.25, 0.3) is 0 Å². The number of para-hydroxylation sites is 2. The number of fused-ring (bicyclic) bond motifs is 1. The van der Waals surface area contributed by atoms with E-state index in [1.54, 1.807) is 0 Å². The molecule has 0 amide bonds. The topological polar surface area (TPSA) is 36.3 Å². The molecule has 0 N–H and O–H groups in total. The van der Waals surface area contributed by atoms with Gasteiger partial charge in [0, 0.05) is 25.4 Å². The van der Waals surface area contributed by atoms with Gasteiger partial charge in [0.1, 0.15) is 18.5 Å². The summed E-state index contributed by atoms with van der Waals surface area (Å²) in [5, 5.41) is 0. The van der Waals surface area contributed by atoms with E-state index < -0.39 is 0 Å². The third-order valence-electron chi connectivity index (χ3n) is 3.98. The number of hydrogen-bond acceptors (Lipinski definition) is 3. The van der Waals surface area contributed by atoms with E-state index in [2.05, 4.69) is 33.8 Å². The molecule has 0 aliphatic carbocycles. The molecule has 1 atom stereocenters. The summed E-state index contributed by atoms with van der Waals surface area (Å²) in [4.78, 5) is 4.49. The van der Waals surface area contributed by atoms with Crippen molar-refractivity contribution >= 4 is 0 Å². The normalized spacial score (nSPS) is 15.6. The maximum absolute atomic E-state index is 6.03. The number of imidazole rings is 1. The van der Waals surface area contributed by atoms with Crippen LogP contribution in [0.1, 0.15) is 12.8 Å². The fourth-order valence-corrected chi connectivity index (χ4v) is 2.82. The zero-order valence-corrected chi connectivity index (χ0v) is 15.8. The van der Waals surface area contributed by atoms with E-state index in [0.717, 1.165) is 30.3 Å². The molecule has 2 aromatic carbocycles. The van der Waals surface area contributed by atoms with Crippen molar-refractivity contribution < 1.29 is 40.5 Å². The Balaban J connectivity index is 0.00000113. The third-order valence-corrected chi connectivity index (χ3v) is 3.98. The summed E-state index contributed by atoms with van der Waals surface area (Å²) in [5.74, 6) is 2.64. The molecule has 3 aromatic rings. The van der Waals surface area contributed by atoms with Crippen LogP contribution in [0.3, 0.4) is 0 Å². The quantitative estimate of drug-likeness (QED) is 0.651. The van der Waals surface area contributed by atoms with Crippen molar-refractivity contribution in [1.82, 2.24) is 9.55 Å². The molecule has 24 heavy (non-hydrogen) atoms. The standard InChI is InChI=1S/C19H18N2O2.Na.H/c1-2-6-15(7-3-1)13-21-11-10-20-19(21)12-16-14-22-17-8-4-5-9-18(17)23-16;;/h1-11,16H,12-14H2;;/q;+1;-1. The van der Waals surface area contributed by atoms with Gasteiger partial charge < -0.3 is 15.5 Å². The van der Waals surface area contributed by atoms with Crippen molar-refractivity contribution in [2.75, 3.05) is 6.61 Å². The summed E-state index contributed by atoms with van der Waals surface area (Å²) in [7, 11) is 0. The molecule has 118 valence electrons. The van der Waals surface area contributed by atoms with E-state index in [9.17, 15) is 0 Å². The second-order valence-electron chi connectivity index (χ2n) is 5.66. The molecule has 1 unspecified atom stereocenters. The Hall–Kier alpha value is -1.75. The molecular weight excluding hydrogens is 311 g/mol. The van der Waals surface area contributed by atoms with Crippen molar-refractivity contribution in [2.45, 2.75) is 19.1 Å². The van der Waals surface area contributed by atoms with E-state index in [0.29, 0.717) is 6.61 Å². The second-order valence-corrected chi connectivity index (χ2v) is 5.66. The van der Waals surface area contributed by atoms with Gasteiger partial charge in [0.2, 0.25) is 0 Å². The minimum atomic E-state index is -0.0122. The first-order valence-electron chi connectivity index (χ1n) is 7.81. The third kappa shape index (κ3) is 3.83. The van der Waals surface area contributed by atoms with E-state index in [1.165, 1.54) is 5.56 Å². The van der Waals surface area contributed by atoms with Crippen LogP contribution in [0.25, 0.3) is 0 Å². The minimum absolute atomic E-state index is 0. The van der Waals surface area contributed by atoms with Crippen molar-refractivity contribution in [3.8, 4) is 11.5 Å². The number of ether oxygens (including phenoxy) is 2. The Morgan fingerprint density at radius 1 is 1.04 bits per heavy atom. The molecule has 0 spiro atoms. The number of nitrogens with zero attached hydrogens (tertiary/aromatic N) is 2. The van der Waals surface area contributed by atoms with Crippen LogP contribution in [0, 0.1) is 0 Å². The predicted octanol–water partition coefficient (Wildman–Crippen LogP) is 0.430. The monoisotopic (exact) mass is 330 g/mol. The van der Waals surface area contributed by atoms with Gasteiger partial charge in [-0.25, -0.2) is 4.98 Å². The van der Waals surface area contributed by atoms with Crippen LogP contribution in [0.5, 0.6) is 11.5 Å².